The summed E-state index contributed by atoms with van der Waals surface area (Å²) in [4.78, 5) is 19.9. The van der Waals surface area contributed by atoms with Crippen LogP contribution in [0.4, 0.5) is 0 Å². The summed E-state index contributed by atoms with van der Waals surface area (Å²) in [6.07, 6.45) is 8.24. The van der Waals surface area contributed by atoms with Gasteiger partial charge in [-0.1, -0.05) is 158 Å². The number of hydrogen-bond acceptors (Lipinski definition) is 4. The highest BCUT2D eigenvalue weighted by atomic mass is 14.9. The third-order valence-corrected chi connectivity index (χ3v) is 10.3. The maximum absolute atomic E-state index is 5.22. The van der Waals surface area contributed by atoms with Gasteiger partial charge in [0, 0.05) is 34.6 Å². The van der Waals surface area contributed by atoms with E-state index >= 15 is 0 Å². The van der Waals surface area contributed by atoms with E-state index in [9.17, 15) is 0 Å². The molecule has 2 aliphatic carbocycles. The molecule has 1 spiro atoms. The molecule has 0 bridgehead atoms. The first kappa shape index (κ1) is 29.2. The van der Waals surface area contributed by atoms with Crippen molar-refractivity contribution in [2.75, 3.05) is 0 Å². The normalized spacial score (nSPS) is 13.2. The van der Waals surface area contributed by atoms with Crippen LogP contribution in [0.15, 0.2) is 170 Å². The van der Waals surface area contributed by atoms with Crippen molar-refractivity contribution in [2.45, 2.75) is 5.41 Å². The van der Waals surface area contributed by atoms with Crippen molar-refractivity contribution in [3.8, 4) is 56.4 Å². The summed E-state index contributed by atoms with van der Waals surface area (Å²) in [7, 11) is 0. The third kappa shape index (κ3) is 4.61. The predicted octanol–water partition coefficient (Wildman–Crippen LogP) is 10.8. The summed E-state index contributed by atoms with van der Waals surface area (Å²) >= 11 is 0. The minimum Gasteiger partial charge on any atom is -0.236 e. The van der Waals surface area contributed by atoms with E-state index < -0.39 is 5.41 Å². The Bertz CT molecular complexity index is 2580. The molecule has 0 radical (unpaired) electrons. The van der Waals surface area contributed by atoms with Gasteiger partial charge in [0.15, 0.2) is 11.6 Å². The molecule has 4 nitrogen and oxygen atoms in total. The van der Waals surface area contributed by atoms with E-state index in [2.05, 4.69) is 115 Å². The number of aromatic nitrogens is 4. The largest absolute Gasteiger partial charge is 0.236 e. The van der Waals surface area contributed by atoms with Crippen molar-refractivity contribution in [3.05, 3.63) is 203 Å². The maximum Gasteiger partial charge on any atom is 0.160 e. The zero-order valence-corrected chi connectivity index (χ0v) is 27.6. The lowest BCUT2D eigenvalue weighted by Crippen LogP contribution is -2.30. The molecule has 0 atom stereocenters. The van der Waals surface area contributed by atoms with Gasteiger partial charge in [-0.3, -0.25) is 0 Å². The van der Waals surface area contributed by atoms with E-state index in [1.165, 1.54) is 44.5 Å². The zero-order valence-electron chi connectivity index (χ0n) is 27.6. The van der Waals surface area contributed by atoms with Gasteiger partial charge in [0.25, 0.3) is 0 Å². The van der Waals surface area contributed by atoms with Gasteiger partial charge < -0.3 is 0 Å². The molecule has 238 valence electrons. The Hall–Kier alpha value is -6.78. The molecule has 0 unspecified atom stereocenters. The van der Waals surface area contributed by atoms with Gasteiger partial charge in [0.2, 0.25) is 0 Å². The van der Waals surface area contributed by atoms with Crippen molar-refractivity contribution in [2.24, 2.45) is 0 Å². The summed E-state index contributed by atoms with van der Waals surface area (Å²) in [6.45, 7) is 0. The second-order valence-corrected chi connectivity index (χ2v) is 13.1. The van der Waals surface area contributed by atoms with Crippen LogP contribution in [0.1, 0.15) is 33.4 Å². The quantitative estimate of drug-likeness (QED) is 0.190. The lowest BCUT2D eigenvalue weighted by Gasteiger charge is -2.35. The highest BCUT2D eigenvalue weighted by Gasteiger charge is 2.48. The van der Waals surface area contributed by atoms with Gasteiger partial charge in [-0.25, -0.2) is 19.9 Å². The molecule has 0 aliphatic heterocycles. The van der Waals surface area contributed by atoms with Crippen LogP contribution < -0.4 is 0 Å². The van der Waals surface area contributed by atoms with Crippen LogP contribution in [0.5, 0.6) is 0 Å². The van der Waals surface area contributed by atoms with E-state index in [4.69, 9.17) is 19.9 Å². The van der Waals surface area contributed by atoms with E-state index in [1.54, 1.807) is 0 Å². The first-order chi connectivity index (χ1) is 25.3. The number of benzene rings is 6. The predicted molar refractivity (Wildman–Crippen MR) is 206 cm³/mol. The van der Waals surface area contributed by atoms with Crippen LogP contribution >= 0.6 is 0 Å². The Morgan fingerprint density at radius 3 is 1.55 bits per heavy atom. The molecular formula is C47H30N4. The van der Waals surface area contributed by atoms with Gasteiger partial charge in [-0.2, -0.15) is 0 Å². The lowest BCUT2D eigenvalue weighted by atomic mass is 9.66. The standard InChI is InChI=1S/C47H30N4/c1-3-15-33(16-4-1)43-28-44(36-29-48-45(49-30-36)34-17-5-2-6-18-34)51-46(50-43)35-25-26-38-37-19-9-12-22-41(37)47(42(38)27-35)39-20-10-7-13-31(39)23-24-32-14-8-11-21-40(32)47/h1-30H. The average molecular weight is 651 g/mol. The Kier molecular flexibility index (Phi) is 6.68. The van der Waals surface area contributed by atoms with Gasteiger partial charge >= 0.3 is 0 Å². The Balaban J connectivity index is 1.20. The van der Waals surface area contributed by atoms with E-state index in [-0.39, 0.29) is 0 Å². The summed E-state index contributed by atoms with van der Waals surface area (Å²) < 4.78 is 0. The van der Waals surface area contributed by atoms with Gasteiger partial charge in [0.05, 0.1) is 16.8 Å². The van der Waals surface area contributed by atoms with Crippen molar-refractivity contribution >= 4 is 12.2 Å². The third-order valence-electron chi connectivity index (χ3n) is 10.3. The lowest BCUT2D eigenvalue weighted by molar-refractivity contribution is 0.766. The Morgan fingerprint density at radius 2 is 0.882 bits per heavy atom. The number of nitrogens with zero attached hydrogens (tertiary/aromatic N) is 4. The number of fused-ring (bicyclic) bond motifs is 9. The van der Waals surface area contributed by atoms with Gasteiger partial charge in [-0.05, 0) is 56.6 Å². The fraction of sp³-hybridized carbons (Fsp3) is 0.0213. The van der Waals surface area contributed by atoms with Crippen LogP contribution in [-0.2, 0) is 5.41 Å². The number of hydrogen-bond donors (Lipinski definition) is 0. The zero-order chi connectivity index (χ0) is 33.8. The molecular weight excluding hydrogens is 621 g/mol. The first-order valence-electron chi connectivity index (χ1n) is 17.2. The summed E-state index contributed by atoms with van der Waals surface area (Å²) in [6, 6.07) is 55.6. The average Bonchev–Trinajstić information content (AvgIpc) is 3.41. The van der Waals surface area contributed by atoms with Crippen molar-refractivity contribution in [3.63, 3.8) is 0 Å². The first-order valence-corrected chi connectivity index (χ1v) is 17.2. The van der Waals surface area contributed by atoms with Gasteiger partial charge in [-0.15, -0.1) is 0 Å². The fourth-order valence-electron chi connectivity index (χ4n) is 7.97. The Labute approximate surface area is 296 Å². The molecule has 2 aliphatic rings. The topological polar surface area (TPSA) is 51.6 Å². The maximum atomic E-state index is 5.22. The molecule has 0 saturated carbocycles. The monoisotopic (exact) mass is 650 g/mol. The molecule has 4 heteroatoms. The highest BCUT2D eigenvalue weighted by molar-refractivity contribution is 5.92. The second kappa shape index (κ2) is 11.7. The highest BCUT2D eigenvalue weighted by Crippen LogP contribution is 2.58. The molecule has 2 heterocycles. The van der Waals surface area contributed by atoms with Crippen molar-refractivity contribution < 1.29 is 0 Å². The van der Waals surface area contributed by atoms with Crippen LogP contribution in [0.3, 0.4) is 0 Å². The van der Waals surface area contributed by atoms with Crippen molar-refractivity contribution in [1.82, 2.24) is 19.9 Å². The van der Waals surface area contributed by atoms with E-state index in [0.29, 0.717) is 11.6 Å². The van der Waals surface area contributed by atoms with E-state index in [1.807, 2.05) is 67.0 Å². The summed E-state index contributed by atoms with van der Waals surface area (Å²) in [5.74, 6) is 1.33. The van der Waals surface area contributed by atoms with Gasteiger partial charge in [0.1, 0.15) is 0 Å². The van der Waals surface area contributed by atoms with Crippen LogP contribution in [0.25, 0.3) is 68.6 Å². The molecule has 2 aromatic heterocycles. The molecule has 8 aromatic rings. The van der Waals surface area contributed by atoms with Crippen LogP contribution in [0.2, 0.25) is 0 Å². The molecule has 0 saturated heterocycles. The SMILES string of the molecule is C1=Cc2ccccc2C2(c3ccccc31)c1ccccc1-c1ccc(-c3nc(-c4ccccc4)cc(-c4cnc(-c5ccccc5)nc4)n3)cc12. The molecule has 0 N–H and O–H groups in total. The minimum atomic E-state index is -0.528. The summed E-state index contributed by atoms with van der Waals surface area (Å²) in [5, 5.41) is 0. The van der Waals surface area contributed by atoms with E-state index in [0.717, 1.165) is 33.6 Å². The van der Waals surface area contributed by atoms with Crippen LogP contribution in [-0.4, -0.2) is 19.9 Å². The smallest absolute Gasteiger partial charge is 0.160 e. The second-order valence-electron chi connectivity index (χ2n) is 13.1. The van der Waals surface area contributed by atoms with Crippen LogP contribution in [0, 0.1) is 0 Å². The Morgan fingerprint density at radius 1 is 0.353 bits per heavy atom. The number of rotatable bonds is 4. The molecule has 51 heavy (non-hydrogen) atoms. The molecule has 6 aromatic carbocycles. The molecule has 0 amide bonds. The molecule has 0 fully saturated rings. The fourth-order valence-corrected chi connectivity index (χ4v) is 7.97. The minimum absolute atomic E-state index is 0.528. The summed E-state index contributed by atoms with van der Waals surface area (Å²) in [5.41, 5.74) is 14.8. The van der Waals surface area contributed by atoms with Crippen molar-refractivity contribution in [1.29, 1.82) is 0 Å². The molecule has 10 rings (SSSR count).